The van der Waals surface area contributed by atoms with E-state index in [-0.39, 0.29) is 23.1 Å². The number of benzene rings is 1. The van der Waals surface area contributed by atoms with Gasteiger partial charge in [0.15, 0.2) is 0 Å². The number of rotatable bonds is 4. The third-order valence-electron chi connectivity index (χ3n) is 5.75. The van der Waals surface area contributed by atoms with Crippen LogP contribution in [0.2, 0.25) is 0 Å². The van der Waals surface area contributed by atoms with Crippen LogP contribution in [-0.2, 0) is 11.0 Å². The molecule has 1 atom stereocenters. The van der Waals surface area contributed by atoms with Crippen LogP contribution in [0.25, 0.3) is 22.5 Å². The number of halogens is 4. The summed E-state index contributed by atoms with van der Waals surface area (Å²) in [6.45, 7) is 2.19. The Bertz CT molecular complexity index is 1140. The van der Waals surface area contributed by atoms with E-state index in [9.17, 15) is 27.5 Å². The standard InChI is InChI=1S/C22H21F4N5O2/c1-12(32)21(33)31-8-5-13(6-9-31)19-18(17-4-7-27-11-28-17)20(30-29-19)15-10-14(22(24,25)26)2-3-16(15)23/h2-4,7,10-13,32H,5-6,8-9H2,1H3,(H,29,30). The van der Waals surface area contributed by atoms with E-state index in [1.165, 1.54) is 19.4 Å². The molecule has 33 heavy (non-hydrogen) atoms. The highest BCUT2D eigenvalue weighted by atomic mass is 19.4. The van der Waals surface area contributed by atoms with Gasteiger partial charge in [-0.1, -0.05) is 0 Å². The lowest BCUT2D eigenvalue weighted by Gasteiger charge is -2.32. The molecule has 3 heterocycles. The van der Waals surface area contributed by atoms with Gasteiger partial charge in [-0.15, -0.1) is 0 Å². The first-order valence-electron chi connectivity index (χ1n) is 10.4. The van der Waals surface area contributed by atoms with Crippen molar-refractivity contribution in [1.29, 1.82) is 0 Å². The highest BCUT2D eigenvalue weighted by Gasteiger charge is 2.34. The van der Waals surface area contributed by atoms with Crippen molar-refractivity contribution in [2.24, 2.45) is 0 Å². The summed E-state index contributed by atoms with van der Waals surface area (Å²) in [6, 6.07) is 3.78. The maximum atomic E-state index is 14.7. The predicted molar refractivity (Wildman–Crippen MR) is 110 cm³/mol. The molecule has 11 heteroatoms. The first-order chi connectivity index (χ1) is 15.7. The molecule has 0 bridgehead atoms. The summed E-state index contributed by atoms with van der Waals surface area (Å²) in [7, 11) is 0. The number of carbonyl (C=O) groups excluding carboxylic acids is 1. The number of nitrogens with zero attached hydrogens (tertiary/aromatic N) is 4. The molecule has 1 aliphatic rings. The van der Waals surface area contributed by atoms with Gasteiger partial charge in [0.05, 0.1) is 11.3 Å². The molecular formula is C22H21F4N5O2. The van der Waals surface area contributed by atoms with Crippen molar-refractivity contribution in [3.63, 3.8) is 0 Å². The average Bonchev–Trinajstić information content (AvgIpc) is 3.23. The maximum absolute atomic E-state index is 14.7. The SMILES string of the molecule is CC(O)C(=O)N1CCC(c2[nH]nc(-c3cc(C(F)(F)F)ccc3F)c2-c2ccncn2)CC1. The molecule has 0 spiro atoms. The van der Waals surface area contributed by atoms with Crippen molar-refractivity contribution in [3.05, 3.63) is 53.9 Å². The number of hydrogen-bond donors (Lipinski definition) is 2. The first-order valence-corrected chi connectivity index (χ1v) is 10.4. The fraction of sp³-hybridized carbons (Fsp3) is 0.364. The molecule has 1 amide bonds. The number of hydrogen-bond acceptors (Lipinski definition) is 5. The largest absolute Gasteiger partial charge is 0.416 e. The Kier molecular flexibility index (Phi) is 6.15. The molecular weight excluding hydrogens is 442 g/mol. The van der Waals surface area contributed by atoms with Gasteiger partial charge in [0, 0.05) is 42.0 Å². The van der Waals surface area contributed by atoms with Gasteiger partial charge >= 0.3 is 6.18 Å². The molecule has 0 aliphatic carbocycles. The zero-order valence-electron chi connectivity index (χ0n) is 17.6. The number of aliphatic hydroxyl groups excluding tert-OH is 1. The number of amides is 1. The lowest BCUT2D eigenvalue weighted by atomic mass is 9.88. The lowest BCUT2D eigenvalue weighted by Crippen LogP contribution is -2.42. The van der Waals surface area contributed by atoms with Gasteiger partial charge in [0.1, 0.15) is 23.9 Å². The highest BCUT2D eigenvalue weighted by Crippen LogP contribution is 2.41. The molecule has 0 saturated carbocycles. The van der Waals surface area contributed by atoms with E-state index in [2.05, 4.69) is 20.2 Å². The van der Waals surface area contributed by atoms with Crippen molar-refractivity contribution >= 4 is 5.91 Å². The molecule has 1 fully saturated rings. The Morgan fingerprint density at radius 3 is 2.58 bits per heavy atom. The Morgan fingerprint density at radius 2 is 1.97 bits per heavy atom. The van der Waals surface area contributed by atoms with E-state index in [0.717, 1.165) is 12.1 Å². The molecule has 2 N–H and O–H groups in total. The maximum Gasteiger partial charge on any atom is 0.416 e. The summed E-state index contributed by atoms with van der Waals surface area (Å²) in [6.07, 6.45) is -1.90. The summed E-state index contributed by atoms with van der Waals surface area (Å²) >= 11 is 0. The van der Waals surface area contributed by atoms with E-state index in [1.54, 1.807) is 11.0 Å². The molecule has 1 aliphatic heterocycles. The Hall–Kier alpha value is -3.34. The molecule has 4 rings (SSSR count). The van der Waals surface area contributed by atoms with Gasteiger partial charge in [0.25, 0.3) is 5.91 Å². The second-order valence-electron chi connectivity index (χ2n) is 7.92. The van der Waals surface area contributed by atoms with Crippen molar-refractivity contribution in [2.45, 2.75) is 38.0 Å². The molecule has 7 nitrogen and oxygen atoms in total. The van der Waals surface area contributed by atoms with Crippen LogP contribution in [0, 0.1) is 5.82 Å². The van der Waals surface area contributed by atoms with Crippen LogP contribution >= 0.6 is 0 Å². The molecule has 1 unspecified atom stereocenters. The van der Waals surface area contributed by atoms with Gasteiger partial charge in [-0.3, -0.25) is 9.89 Å². The van der Waals surface area contributed by atoms with Gasteiger partial charge in [-0.25, -0.2) is 14.4 Å². The minimum absolute atomic E-state index is 0.0230. The number of aliphatic hydroxyl groups is 1. The van der Waals surface area contributed by atoms with Gasteiger partial charge in [-0.05, 0) is 44.0 Å². The average molecular weight is 463 g/mol. The summed E-state index contributed by atoms with van der Waals surface area (Å²) in [4.78, 5) is 21.7. The summed E-state index contributed by atoms with van der Waals surface area (Å²) in [5.74, 6) is -1.32. The van der Waals surface area contributed by atoms with Gasteiger partial charge in [-0.2, -0.15) is 18.3 Å². The third-order valence-corrected chi connectivity index (χ3v) is 5.75. The topological polar surface area (TPSA) is 95.0 Å². The monoisotopic (exact) mass is 463 g/mol. The summed E-state index contributed by atoms with van der Waals surface area (Å²) in [5.41, 5.74) is 0.142. The van der Waals surface area contributed by atoms with Crippen molar-refractivity contribution in [3.8, 4) is 22.5 Å². The highest BCUT2D eigenvalue weighted by molar-refractivity contribution is 5.82. The fourth-order valence-corrected chi connectivity index (χ4v) is 4.08. The summed E-state index contributed by atoms with van der Waals surface area (Å²) < 4.78 is 54.5. The van der Waals surface area contributed by atoms with Crippen LogP contribution in [0.15, 0.2) is 36.8 Å². The second-order valence-corrected chi connectivity index (χ2v) is 7.92. The molecule has 0 radical (unpaired) electrons. The number of nitrogens with one attached hydrogen (secondary N) is 1. The lowest BCUT2D eigenvalue weighted by molar-refractivity contribution is -0.140. The van der Waals surface area contributed by atoms with E-state index >= 15 is 0 Å². The first kappa shape index (κ1) is 22.8. The smallest absolute Gasteiger partial charge is 0.384 e. The summed E-state index contributed by atoms with van der Waals surface area (Å²) in [5, 5.41) is 16.6. The number of carbonyl (C=O) groups is 1. The van der Waals surface area contributed by atoms with E-state index in [1.807, 2.05) is 0 Å². The van der Waals surface area contributed by atoms with Gasteiger partial charge in [0.2, 0.25) is 0 Å². The van der Waals surface area contributed by atoms with Crippen molar-refractivity contribution in [1.82, 2.24) is 25.1 Å². The number of alkyl halides is 3. The van der Waals surface area contributed by atoms with E-state index in [4.69, 9.17) is 0 Å². The minimum atomic E-state index is -4.64. The number of H-pyrrole nitrogens is 1. The molecule has 3 aromatic rings. The zero-order valence-corrected chi connectivity index (χ0v) is 17.6. The number of piperidine rings is 1. The Morgan fingerprint density at radius 1 is 1.24 bits per heavy atom. The van der Waals surface area contributed by atoms with Crippen LogP contribution in [0.1, 0.15) is 36.9 Å². The van der Waals surface area contributed by atoms with Crippen LogP contribution in [0.3, 0.4) is 0 Å². The number of likely N-dealkylation sites (tertiary alicyclic amines) is 1. The Labute approximate surface area is 186 Å². The third kappa shape index (κ3) is 4.58. The van der Waals surface area contributed by atoms with Crippen molar-refractivity contribution in [2.75, 3.05) is 13.1 Å². The Balaban J connectivity index is 1.76. The number of aromatic nitrogens is 4. The number of aromatic amines is 1. The van der Waals surface area contributed by atoms with Crippen LogP contribution in [0.4, 0.5) is 17.6 Å². The van der Waals surface area contributed by atoms with Crippen molar-refractivity contribution < 1.29 is 27.5 Å². The minimum Gasteiger partial charge on any atom is -0.384 e. The van der Waals surface area contributed by atoms with E-state index in [0.29, 0.717) is 48.9 Å². The molecule has 1 aromatic carbocycles. The quantitative estimate of drug-likeness (QED) is 0.575. The fourth-order valence-electron chi connectivity index (χ4n) is 4.08. The van der Waals surface area contributed by atoms with Crippen LogP contribution in [0.5, 0.6) is 0 Å². The molecule has 2 aromatic heterocycles. The zero-order chi connectivity index (χ0) is 23.8. The normalized spacial score (nSPS) is 16.1. The van der Waals surface area contributed by atoms with Crippen LogP contribution < -0.4 is 0 Å². The molecule has 1 saturated heterocycles. The van der Waals surface area contributed by atoms with Gasteiger partial charge < -0.3 is 10.0 Å². The van der Waals surface area contributed by atoms with E-state index < -0.39 is 23.7 Å². The molecule has 174 valence electrons. The van der Waals surface area contributed by atoms with Crippen LogP contribution in [-0.4, -0.2) is 55.3 Å². The predicted octanol–water partition coefficient (Wildman–Crippen LogP) is 3.78. The second kappa shape index (κ2) is 8.89.